The molecule has 258 valence electrons. The van der Waals surface area contributed by atoms with Gasteiger partial charge in [0.05, 0.1) is 42.5 Å². The van der Waals surface area contributed by atoms with Crippen LogP contribution in [0.4, 0.5) is 0 Å². The third-order valence-corrected chi connectivity index (χ3v) is 15.9. The number of fused-ring (bicyclic) bond motifs is 7. The third kappa shape index (κ3) is 4.71. The molecule has 5 fully saturated rings. The van der Waals surface area contributed by atoms with E-state index >= 15 is 0 Å². The van der Waals surface area contributed by atoms with Gasteiger partial charge in [-0.2, -0.15) is 5.26 Å². The molecule has 10 atom stereocenters. The Kier molecular flexibility index (Phi) is 8.06. The first-order valence-corrected chi connectivity index (χ1v) is 18.6. The fourth-order valence-electron chi connectivity index (χ4n) is 13.3. The van der Waals surface area contributed by atoms with E-state index in [1.54, 1.807) is 4.68 Å². The van der Waals surface area contributed by atoms with Gasteiger partial charge in [-0.3, -0.25) is 4.79 Å². The van der Waals surface area contributed by atoms with Gasteiger partial charge >= 0.3 is 5.97 Å². The van der Waals surface area contributed by atoms with Crippen LogP contribution in [-0.2, 0) is 22.6 Å². The van der Waals surface area contributed by atoms with Crippen LogP contribution >= 0.6 is 0 Å². The summed E-state index contributed by atoms with van der Waals surface area (Å²) in [7, 11) is 0. The van der Waals surface area contributed by atoms with Gasteiger partial charge in [0.1, 0.15) is 5.69 Å². The molecule has 0 unspecified atom stereocenters. The molecular weight excluding hydrogens is 596 g/mol. The second-order valence-corrected chi connectivity index (χ2v) is 18.0. The maximum Gasteiger partial charge on any atom is 0.309 e. The molecule has 0 amide bonds. The Labute approximate surface area is 287 Å². The minimum Gasteiger partial charge on any atom is -0.481 e. The van der Waals surface area contributed by atoms with E-state index in [9.17, 15) is 9.90 Å². The van der Waals surface area contributed by atoms with Crippen LogP contribution in [0.3, 0.4) is 0 Å². The normalized spacial score (nSPS) is 41.3. The highest BCUT2D eigenvalue weighted by atomic mass is 16.5. The van der Waals surface area contributed by atoms with Crippen molar-refractivity contribution in [3.05, 3.63) is 53.9 Å². The Hall–Kier alpha value is -2.98. The van der Waals surface area contributed by atoms with Crippen LogP contribution in [0.1, 0.15) is 117 Å². The smallest absolute Gasteiger partial charge is 0.309 e. The highest BCUT2D eigenvalue weighted by molar-refractivity contribution is 5.76. The number of aliphatic carboxylic acids is 1. The molecule has 0 radical (unpaired) electrons. The Bertz CT molecular complexity index is 1620. The fraction of sp³-hybridized carbons (Fsp3) is 0.707. The summed E-state index contributed by atoms with van der Waals surface area (Å²) in [6.07, 6.45) is 13.2. The second kappa shape index (κ2) is 11.5. The Balaban J connectivity index is 1.08. The molecule has 5 aliphatic carbocycles. The van der Waals surface area contributed by atoms with E-state index in [0.717, 1.165) is 55.5 Å². The molecule has 1 N–H and O–H groups in total. The van der Waals surface area contributed by atoms with Gasteiger partial charge in [0, 0.05) is 0 Å². The Morgan fingerprint density at radius 2 is 1.73 bits per heavy atom. The largest absolute Gasteiger partial charge is 0.481 e. The van der Waals surface area contributed by atoms with Gasteiger partial charge in [0.15, 0.2) is 0 Å². The molecular formula is C41H56N4O3. The molecule has 5 aliphatic rings. The van der Waals surface area contributed by atoms with E-state index in [0.29, 0.717) is 36.7 Å². The average Bonchev–Trinajstić information content (AvgIpc) is 3.68. The Morgan fingerprint density at radius 3 is 2.42 bits per heavy atom. The number of nitrogens with zero attached hydrogens (tertiary/aromatic N) is 4. The highest BCUT2D eigenvalue weighted by Gasteiger charge is 2.72. The van der Waals surface area contributed by atoms with Gasteiger partial charge < -0.3 is 9.84 Å². The highest BCUT2D eigenvalue weighted by Crippen LogP contribution is 2.77. The van der Waals surface area contributed by atoms with Gasteiger partial charge in [-0.1, -0.05) is 64.1 Å². The Morgan fingerprint density at radius 1 is 0.979 bits per heavy atom. The summed E-state index contributed by atoms with van der Waals surface area (Å²) in [5.41, 5.74) is 3.98. The summed E-state index contributed by atoms with van der Waals surface area (Å²) in [6, 6.07) is 10.1. The van der Waals surface area contributed by atoms with E-state index in [4.69, 9.17) is 10.00 Å². The predicted molar refractivity (Wildman–Crippen MR) is 186 cm³/mol. The van der Waals surface area contributed by atoms with Crippen molar-refractivity contribution in [2.24, 2.45) is 56.7 Å². The zero-order chi connectivity index (χ0) is 34.3. The fourth-order valence-corrected chi connectivity index (χ4v) is 13.3. The molecule has 1 aromatic heterocycles. The summed E-state index contributed by atoms with van der Waals surface area (Å²) >= 11 is 0. The van der Waals surface area contributed by atoms with Gasteiger partial charge in [-0.25, -0.2) is 4.68 Å². The first-order chi connectivity index (χ1) is 22.7. The zero-order valence-corrected chi connectivity index (χ0v) is 30.1. The lowest BCUT2D eigenvalue weighted by Gasteiger charge is -2.72. The van der Waals surface area contributed by atoms with Crippen LogP contribution in [0.5, 0.6) is 0 Å². The van der Waals surface area contributed by atoms with E-state index in [-0.39, 0.29) is 33.7 Å². The van der Waals surface area contributed by atoms with Crippen LogP contribution in [0.2, 0.25) is 0 Å². The summed E-state index contributed by atoms with van der Waals surface area (Å²) in [5, 5.41) is 28.5. The van der Waals surface area contributed by atoms with E-state index in [1.807, 2.05) is 30.5 Å². The number of hydrogen-bond donors (Lipinski definition) is 1. The van der Waals surface area contributed by atoms with Crippen molar-refractivity contribution in [1.29, 1.82) is 5.26 Å². The van der Waals surface area contributed by atoms with Crippen LogP contribution in [0.25, 0.3) is 5.69 Å². The molecule has 48 heavy (non-hydrogen) atoms. The minimum atomic E-state index is -0.566. The van der Waals surface area contributed by atoms with Gasteiger partial charge in [0.25, 0.3) is 0 Å². The van der Waals surface area contributed by atoms with Crippen molar-refractivity contribution < 1.29 is 14.6 Å². The molecule has 0 aliphatic heterocycles. The topological polar surface area (TPSA) is 101 Å². The molecule has 7 rings (SSSR count). The number of ether oxygens (including phenoxy) is 1. The molecule has 7 nitrogen and oxygen atoms in total. The second-order valence-electron chi connectivity index (χ2n) is 18.0. The number of hydrogen-bond acceptors (Lipinski definition) is 5. The van der Waals surface area contributed by atoms with Gasteiger partial charge in [-0.05, 0) is 140 Å². The number of aromatic nitrogens is 3. The lowest BCUT2D eigenvalue weighted by Crippen LogP contribution is -2.67. The van der Waals surface area contributed by atoms with Crippen molar-refractivity contribution >= 4 is 5.97 Å². The maximum atomic E-state index is 13.0. The molecule has 2 aromatic rings. The lowest BCUT2D eigenvalue weighted by atomic mass is 9.32. The number of nitriles is 1. The molecule has 7 heteroatoms. The zero-order valence-electron chi connectivity index (χ0n) is 30.1. The van der Waals surface area contributed by atoms with Crippen molar-refractivity contribution in [1.82, 2.24) is 15.0 Å². The minimum absolute atomic E-state index is 0.0280. The van der Waals surface area contributed by atoms with Crippen molar-refractivity contribution in [3.63, 3.8) is 0 Å². The number of carbonyl (C=O) groups is 1. The summed E-state index contributed by atoms with van der Waals surface area (Å²) in [5.74, 6) is 1.66. The third-order valence-electron chi connectivity index (χ3n) is 15.9. The molecule has 0 bridgehead atoms. The number of allylic oxidation sites excluding steroid dienone is 1. The lowest BCUT2D eigenvalue weighted by molar-refractivity contribution is -0.252. The van der Waals surface area contributed by atoms with Crippen LogP contribution in [0, 0.1) is 68.0 Å². The average molecular weight is 653 g/mol. The van der Waals surface area contributed by atoms with Crippen LogP contribution < -0.4 is 0 Å². The first kappa shape index (κ1) is 33.5. The number of carboxylic acids is 1. The number of carboxylic acid groups (broad SMARTS) is 1. The molecule has 0 saturated heterocycles. The summed E-state index contributed by atoms with van der Waals surface area (Å²) in [6.45, 7) is 19.7. The maximum absolute atomic E-state index is 13.0. The summed E-state index contributed by atoms with van der Waals surface area (Å²) in [4.78, 5) is 13.0. The van der Waals surface area contributed by atoms with E-state index in [1.165, 1.54) is 31.3 Å². The molecule has 1 heterocycles. The summed E-state index contributed by atoms with van der Waals surface area (Å²) < 4.78 is 8.53. The van der Waals surface area contributed by atoms with Crippen LogP contribution in [-0.4, -0.2) is 32.2 Å². The molecule has 1 aromatic carbocycles. The molecule has 0 spiro atoms. The van der Waals surface area contributed by atoms with Crippen molar-refractivity contribution in [3.8, 4) is 11.8 Å². The van der Waals surface area contributed by atoms with Gasteiger partial charge in [-0.15, -0.1) is 5.10 Å². The quantitative estimate of drug-likeness (QED) is 0.300. The predicted octanol–water partition coefficient (Wildman–Crippen LogP) is 8.96. The van der Waals surface area contributed by atoms with E-state index in [2.05, 4.69) is 64.5 Å². The van der Waals surface area contributed by atoms with Crippen molar-refractivity contribution in [2.75, 3.05) is 0 Å². The SMILES string of the molecule is C=C(C)[C@@H]1CC[C@]2(C(=O)O)CC[C@]3(C)[C@H](CC[C@@H]4[C@@]5(C)CC[C@H](OCc6cn(-c7ccc(CC#N)cc7)nn6)C(C)(C)[C@@H]5CC[C@]43C)[C@@H]12. The molecule has 5 saturated carbocycles. The standard InChI is InChI=1S/C41H56N4O3/c1-26(2)30-14-20-41(36(46)47)22-21-39(6)31(35(30)41)12-13-33-38(5)18-16-34(37(3,4)32(38)15-19-40(33,39)7)48-25-28-24-45(44-43-28)29-10-8-27(9-11-29)17-23-42/h8-11,24,30-35H,1,12-22,25H2,2-7H3,(H,46,47)/t30-,31+,32-,33+,34-,35+,38-,39+,40+,41-/m0/s1. The first-order valence-electron chi connectivity index (χ1n) is 18.6. The number of benzene rings is 1. The van der Waals surface area contributed by atoms with Gasteiger partial charge in [0.2, 0.25) is 0 Å². The monoisotopic (exact) mass is 652 g/mol. The number of rotatable bonds is 7. The van der Waals surface area contributed by atoms with Crippen LogP contribution in [0.15, 0.2) is 42.6 Å². The van der Waals surface area contributed by atoms with E-state index < -0.39 is 11.4 Å². The van der Waals surface area contributed by atoms with Crippen molar-refractivity contribution in [2.45, 2.75) is 125 Å².